The number of imidazole rings is 1. The van der Waals surface area contributed by atoms with E-state index in [4.69, 9.17) is 4.74 Å². The predicted octanol–water partition coefficient (Wildman–Crippen LogP) is 1.57. The number of aromatic nitrogens is 2. The number of amides is 1. The first kappa shape index (κ1) is 19.2. The van der Waals surface area contributed by atoms with Gasteiger partial charge in [-0.2, -0.15) is 0 Å². The zero-order valence-electron chi connectivity index (χ0n) is 15.4. The highest BCUT2D eigenvalue weighted by Gasteiger charge is 2.21. The maximum absolute atomic E-state index is 12.8. The smallest absolute Gasteiger partial charge is 0.323 e. The minimum Gasteiger partial charge on any atom is -0.376 e. The van der Waals surface area contributed by atoms with Crippen molar-refractivity contribution < 1.29 is 17.9 Å². The van der Waals surface area contributed by atoms with Crippen LogP contribution in [0.4, 0.5) is 5.69 Å². The Labute approximate surface area is 166 Å². The van der Waals surface area contributed by atoms with Gasteiger partial charge in [0.2, 0.25) is 0 Å². The molecule has 4 rings (SSSR count). The Morgan fingerprint density at radius 2 is 1.93 bits per heavy atom. The molecule has 1 aromatic heterocycles. The number of sulfonamides is 1. The molecule has 1 fully saturated rings. The van der Waals surface area contributed by atoms with Crippen LogP contribution in [0, 0.1) is 0 Å². The molecule has 1 aliphatic heterocycles. The van der Waals surface area contributed by atoms with Crippen molar-refractivity contribution in [2.45, 2.75) is 23.8 Å². The van der Waals surface area contributed by atoms with Crippen LogP contribution in [0.15, 0.2) is 52.2 Å². The van der Waals surface area contributed by atoms with Crippen LogP contribution in [-0.4, -0.2) is 43.5 Å². The van der Waals surface area contributed by atoms with Crippen LogP contribution in [0.1, 0.15) is 23.2 Å². The van der Waals surface area contributed by atoms with E-state index in [1.807, 2.05) is 0 Å². The number of rotatable bonds is 6. The number of nitrogens with one attached hydrogen (secondary N) is 4. The van der Waals surface area contributed by atoms with Crippen molar-refractivity contribution in [2.24, 2.45) is 0 Å². The van der Waals surface area contributed by atoms with Gasteiger partial charge in [-0.25, -0.2) is 13.2 Å². The maximum Gasteiger partial charge on any atom is 0.323 e. The van der Waals surface area contributed by atoms with Crippen LogP contribution >= 0.6 is 0 Å². The van der Waals surface area contributed by atoms with Crippen LogP contribution in [0.2, 0.25) is 0 Å². The fourth-order valence-corrected chi connectivity index (χ4v) is 4.37. The third kappa shape index (κ3) is 4.17. The second kappa shape index (κ2) is 7.72. The zero-order chi connectivity index (χ0) is 20.4. The molecular weight excluding hydrogens is 396 g/mol. The average Bonchev–Trinajstić information content (AvgIpc) is 3.34. The molecule has 0 unspecified atom stereocenters. The van der Waals surface area contributed by atoms with Gasteiger partial charge in [-0.1, -0.05) is 12.1 Å². The lowest BCUT2D eigenvalue weighted by Crippen LogP contribution is -2.32. The number of para-hydroxylation sites is 1. The van der Waals surface area contributed by atoms with E-state index in [9.17, 15) is 18.0 Å². The summed E-state index contributed by atoms with van der Waals surface area (Å²) in [5, 5.41) is 2.79. The summed E-state index contributed by atoms with van der Waals surface area (Å²) in [5.74, 6) is -0.385. The van der Waals surface area contributed by atoms with Gasteiger partial charge in [0.05, 0.1) is 33.3 Å². The molecule has 1 amide bonds. The fourth-order valence-electron chi connectivity index (χ4n) is 3.26. The first-order chi connectivity index (χ1) is 13.9. The fraction of sp³-hybridized carbons (Fsp3) is 0.263. The molecule has 1 atom stereocenters. The third-order valence-electron chi connectivity index (χ3n) is 4.73. The summed E-state index contributed by atoms with van der Waals surface area (Å²) in [6, 6.07) is 10.6. The summed E-state index contributed by atoms with van der Waals surface area (Å²) in [6.07, 6.45) is 1.84. The molecule has 4 N–H and O–H groups in total. The summed E-state index contributed by atoms with van der Waals surface area (Å²) in [4.78, 5) is 29.0. The lowest BCUT2D eigenvalue weighted by atomic mass is 10.1. The van der Waals surface area contributed by atoms with Gasteiger partial charge in [0.1, 0.15) is 0 Å². The number of anilines is 1. The number of carbonyl (C=O) groups excluding carboxylic acids is 1. The average molecular weight is 416 g/mol. The molecule has 2 heterocycles. The Morgan fingerprint density at radius 1 is 1.14 bits per heavy atom. The Bertz CT molecular complexity index is 1210. The van der Waals surface area contributed by atoms with E-state index in [1.165, 1.54) is 24.3 Å². The molecule has 1 aliphatic rings. The number of hydrogen-bond acceptors (Lipinski definition) is 5. The molecule has 152 valence electrons. The first-order valence-electron chi connectivity index (χ1n) is 9.16. The van der Waals surface area contributed by atoms with Crippen molar-refractivity contribution in [3.8, 4) is 0 Å². The van der Waals surface area contributed by atoms with E-state index in [1.54, 1.807) is 18.2 Å². The van der Waals surface area contributed by atoms with Crippen LogP contribution in [0.3, 0.4) is 0 Å². The molecule has 1 saturated heterocycles. The number of fused-ring (bicyclic) bond motifs is 1. The second-order valence-corrected chi connectivity index (χ2v) is 8.47. The third-order valence-corrected chi connectivity index (χ3v) is 6.09. The van der Waals surface area contributed by atoms with Crippen LogP contribution in [0.25, 0.3) is 11.0 Å². The SMILES string of the molecule is O=C(NC[C@H]1CCCO1)c1ccccc1NS(=O)(=O)c1ccc2[nH]c(=O)[nH]c2c1. The van der Waals surface area contributed by atoms with Gasteiger partial charge in [-0.3, -0.25) is 9.52 Å². The van der Waals surface area contributed by atoms with Gasteiger partial charge < -0.3 is 20.0 Å². The van der Waals surface area contributed by atoms with Crippen molar-refractivity contribution in [3.63, 3.8) is 0 Å². The molecule has 3 aromatic rings. The summed E-state index contributed by atoms with van der Waals surface area (Å²) >= 11 is 0. The van der Waals surface area contributed by atoms with E-state index in [0.29, 0.717) is 24.2 Å². The number of H-pyrrole nitrogens is 2. The van der Waals surface area contributed by atoms with E-state index >= 15 is 0 Å². The minimum atomic E-state index is -3.97. The maximum atomic E-state index is 12.8. The largest absolute Gasteiger partial charge is 0.376 e. The number of aromatic amines is 2. The molecule has 2 aromatic carbocycles. The Hall–Kier alpha value is -3.11. The molecule has 29 heavy (non-hydrogen) atoms. The van der Waals surface area contributed by atoms with Crippen molar-refractivity contribution in [1.29, 1.82) is 0 Å². The molecule has 0 spiro atoms. The standard InChI is InChI=1S/C19H20N4O5S/c24-18(20-11-12-4-3-9-28-12)14-5-1-2-6-15(14)23-29(26,27)13-7-8-16-17(10-13)22-19(25)21-16/h1-2,5-8,10,12,23H,3-4,9,11H2,(H,20,24)(H2,21,22,25)/t12-/m1/s1. The van der Waals surface area contributed by atoms with E-state index in [0.717, 1.165) is 12.8 Å². The van der Waals surface area contributed by atoms with E-state index in [-0.39, 0.29) is 28.2 Å². The Balaban J connectivity index is 1.56. The zero-order valence-corrected chi connectivity index (χ0v) is 16.2. The van der Waals surface area contributed by atoms with Crippen molar-refractivity contribution in [1.82, 2.24) is 15.3 Å². The molecule has 10 heteroatoms. The number of ether oxygens (including phenoxy) is 1. The van der Waals surface area contributed by atoms with Crippen molar-refractivity contribution in [2.75, 3.05) is 17.9 Å². The van der Waals surface area contributed by atoms with E-state index < -0.39 is 15.7 Å². The summed E-state index contributed by atoms with van der Waals surface area (Å²) in [6.45, 7) is 1.06. The van der Waals surface area contributed by atoms with E-state index in [2.05, 4.69) is 20.0 Å². The van der Waals surface area contributed by atoms with Crippen LogP contribution in [-0.2, 0) is 14.8 Å². The van der Waals surface area contributed by atoms with Gasteiger partial charge in [0.15, 0.2) is 0 Å². The normalized spacial score (nSPS) is 16.8. The number of carbonyl (C=O) groups is 1. The lowest BCUT2D eigenvalue weighted by Gasteiger charge is -2.14. The molecule has 0 saturated carbocycles. The van der Waals surface area contributed by atoms with Gasteiger partial charge in [-0.15, -0.1) is 0 Å². The monoisotopic (exact) mass is 416 g/mol. The molecule has 0 aliphatic carbocycles. The lowest BCUT2D eigenvalue weighted by molar-refractivity contribution is 0.0858. The number of benzene rings is 2. The van der Waals surface area contributed by atoms with Crippen molar-refractivity contribution >= 4 is 32.7 Å². The Morgan fingerprint density at radius 3 is 2.72 bits per heavy atom. The quantitative estimate of drug-likeness (QED) is 0.484. The minimum absolute atomic E-state index is 0.0157. The van der Waals surface area contributed by atoms with Gasteiger partial charge in [0, 0.05) is 13.2 Å². The van der Waals surface area contributed by atoms with Gasteiger partial charge >= 0.3 is 5.69 Å². The summed E-state index contributed by atoms with van der Waals surface area (Å²) < 4.78 is 33.6. The summed E-state index contributed by atoms with van der Waals surface area (Å²) in [5.41, 5.74) is 0.837. The highest BCUT2D eigenvalue weighted by molar-refractivity contribution is 7.92. The predicted molar refractivity (Wildman–Crippen MR) is 107 cm³/mol. The van der Waals surface area contributed by atoms with Crippen LogP contribution in [0.5, 0.6) is 0 Å². The van der Waals surface area contributed by atoms with Gasteiger partial charge in [0.25, 0.3) is 15.9 Å². The molecule has 9 nitrogen and oxygen atoms in total. The first-order valence-corrected chi connectivity index (χ1v) is 10.6. The van der Waals surface area contributed by atoms with Gasteiger partial charge in [-0.05, 0) is 43.2 Å². The summed E-state index contributed by atoms with van der Waals surface area (Å²) in [7, 11) is -3.97. The van der Waals surface area contributed by atoms with Crippen LogP contribution < -0.4 is 15.7 Å². The molecule has 0 bridgehead atoms. The molecule has 0 radical (unpaired) electrons. The number of hydrogen-bond donors (Lipinski definition) is 4. The highest BCUT2D eigenvalue weighted by atomic mass is 32.2. The Kier molecular flexibility index (Phi) is 5.12. The topological polar surface area (TPSA) is 133 Å². The second-order valence-electron chi connectivity index (χ2n) is 6.78. The van der Waals surface area contributed by atoms with Crippen molar-refractivity contribution in [3.05, 3.63) is 58.5 Å². The highest BCUT2D eigenvalue weighted by Crippen LogP contribution is 2.22. The molecular formula is C19H20N4O5S.